The summed E-state index contributed by atoms with van der Waals surface area (Å²) < 4.78 is 2.16. The number of nitrogens with zero attached hydrogens (tertiary/aromatic N) is 4. The van der Waals surface area contributed by atoms with Crippen LogP contribution in [0.2, 0.25) is 0 Å². The van der Waals surface area contributed by atoms with Gasteiger partial charge in [0.1, 0.15) is 17.4 Å². The largest absolute Gasteiger partial charge is 0.480 e. The molecule has 2 aromatic heterocycles. The van der Waals surface area contributed by atoms with E-state index < -0.39 is 29.2 Å². The number of carbonyl (C=O) groups excluding carboxylic acids is 1. The van der Waals surface area contributed by atoms with Gasteiger partial charge in [-0.15, -0.1) is 0 Å². The van der Waals surface area contributed by atoms with E-state index in [1.54, 1.807) is 0 Å². The van der Waals surface area contributed by atoms with Gasteiger partial charge in [0.25, 0.3) is 11.5 Å². The minimum atomic E-state index is -1.10. The first-order chi connectivity index (χ1) is 11.7. The zero-order valence-corrected chi connectivity index (χ0v) is 14.1. The third-order valence-electron chi connectivity index (χ3n) is 4.47. The Morgan fingerprint density at radius 1 is 1.24 bits per heavy atom. The lowest BCUT2D eigenvalue weighted by Crippen LogP contribution is -2.45. The molecule has 1 aliphatic carbocycles. The molecule has 0 aromatic carbocycles. The van der Waals surface area contributed by atoms with E-state index in [1.807, 2.05) is 0 Å². The maximum Gasteiger partial charge on any atom is 0.332 e. The lowest BCUT2D eigenvalue weighted by Gasteiger charge is -2.26. The lowest BCUT2D eigenvalue weighted by molar-refractivity contribution is -0.141. The fourth-order valence-corrected chi connectivity index (χ4v) is 2.84. The quantitative estimate of drug-likeness (QED) is 0.813. The summed E-state index contributed by atoms with van der Waals surface area (Å²) >= 11 is 0. The van der Waals surface area contributed by atoms with E-state index in [-0.39, 0.29) is 22.8 Å². The summed E-state index contributed by atoms with van der Waals surface area (Å²) in [5, 5.41) is 9.45. The standard InChI is InChI=1S/C16H18N4O5/c1-8(15(23)24)20(9-4-5-9)14(22)11-7-6-10-12(17-11)18(2)16(25)19(3)13(10)21/h6-9H,4-5H2,1-3H3,(H,23,24). The highest BCUT2D eigenvalue weighted by Crippen LogP contribution is 2.30. The Morgan fingerprint density at radius 3 is 2.44 bits per heavy atom. The van der Waals surface area contributed by atoms with Gasteiger partial charge in [-0.05, 0) is 31.9 Å². The van der Waals surface area contributed by atoms with Gasteiger partial charge in [0.05, 0.1) is 5.39 Å². The van der Waals surface area contributed by atoms with Crippen LogP contribution in [0.4, 0.5) is 0 Å². The SMILES string of the molecule is CC(C(=O)O)N(C(=O)c1ccc2c(=O)n(C)c(=O)n(C)c2n1)C1CC1. The van der Waals surface area contributed by atoms with Gasteiger partial charge in [0.2, 0.25) is 0 Å². The fraction of sp³-hybridized carbons (Fsp3) is 0.438. The second-order valence-corrected chi connectivity index (χ2v) is 6.23. The normalized spacial score (nSPS) is 15.2. The Balaban J connectivity index is 2.13. The predicted octanol–water partition coefficient (Wildman–Crippen LogP) is -0.290. The van der Waals surface area contributed by atoms with Gasteiger partial charge in [-0.25, -0.2) is 14.6 Å². The third-order valence-corrected chi connectivity index (χ3v) is 4.47. The van der Waals surface area contributed by atoms with Gasteiger partial charge >= 0.3 is 11.7 Å². The number of fused-ring (bicyclic) bond motifs is 1. The van der Waals surface area contributed by atoms with Crippen LogP contribution in [-0.4, -0.2) is 48.1 Å². The predicted molar refractivity (Wildman–Crippen MR) is 88.5 cm³/mol. The second-order valence-electron chi connectivity index (χ2n) is 6.23. The first-order valence-corrected chi connectivity index (χ1v) is 7.86. The molecule has 2 aromatic rings. The van der Waals surface area contributed by atoms with Crippen molar-refractivity contribution in [1.82, 2.24) is 19.0 Å². The van der Waals surface area contributed by atoms with Crippen molar-refractivity contribution in [1.29, 1.82) is 0 Å². The van der Waals surface area contributed by atoms with Crippen LogP contribution < -0.4 is 11.2 Å². The molecule has 0 saturated heterocycles. The summed E-state index contributed by atoms with van der Waals surface area (Å²) in [6.07, 6.45) is 1.49. The second kappa shape index (κ2) is 5.83. The maximum atomic E-state index is 12.8. The van der Waals surface area contributed by atoms with Crippen molar-refractivity contribution >= 4 is 22.9 Å². The van der Waals surface area contributed by atoms with Crippen LogP contribution in [-0.2, 0) is 18.9 Å². The number of pyridine rings is 1. The number of aromatic nitrogens is 3. The molecule has 0 bridgehead atoms. The molecule has 0 aliphatic heterocycles. The van der Waals surface area contributed by atoms with Crippen molar-refractivity contribution in [3.8, 4) is 0 Å². The molecule has 1 aliphatic rings. The molecule has 1 atom stereocenters. The topological polar surface area (TPSA) is 115 Å². The van der Waals surface area contributed by atoms with Crippen molar-refractivity contribution in [2.24, 2.45) is 14.1 Å². The van der Waals surface area contributed by atoms with Crippen LogP contribution in [0.5, 0.6) is 0 Å². The first-order valence-electron chi connectivity index (χ1n) is 7.86. The Kier molecular flexibility index (Phi) is 3.94. The van der Waals surface area contributed by atoms with Crippen LogP contribution in [0.25, 0.3) is 11.0 Å². The number of amides is 1. The average Bonchev–Trinajstić information content (AvgIpc) is 3.42. The minimum absolute atomic E-state index is 0.00996. The number of carboxylic acids is 1. The first kappa shape index (κ1) is 16.9. The molecule has 1 N–H and O–H groups in total. The van der Waals surface area contributed by atoms with Gasteiger partial charge in [-0.3, -0.25) is 18.7 Å². The van der Waals surface area contributed by atoms with E-state index in [1.165, 1.54) is 42.6 Å². The van der Waals surface area contributed by atoms with Crippen LogP contribution in [0.1, 0.15) is 30.3 Å². The Bertz CT molecular complexity index is 1000. The number of aryl methyl sites for hydroxylation is 1. The van der Waals surface area contributed by atoms with Crippen LogP contribution >= 0.6 is 0 Å². The van der Waals surface area contributed by atoms with Gasteiger partial charge in [-0.1, -0.05) is 0 Å². The number of carboxylic acid groups (broad SMARTS) is 1. The molecule has 3 rings (SSSR count). The molecule has 1 fully saturated rings. The zero-order chi connectivity index (χ0) is 18.5. The molecule has 0 radical (unpaired) electrons. The van der Waals surface area contributed by atoms with Crippen molar-refractivity contribution in [2.75, 3.05) is 0 Å². The molecule has 1 unspecified atom stereocenters. The van der Waals surface area contributed by atoms with Gasteiger partial charge in [-0.2, -0.15) is 0 Å². The van der Waals surface area contributed by atoms with Crippen LogP contribution in [0, 0.1) is 0 Å². The van der Waals surface area contributed by atoms with E-state index in [0.717, 1.165) is 17.4 Å². The molecular weight excluding hydrogens is 328 g/mol. The molecule has 1 amide bonds. The maximum absolute atomic E-state index is 12.8. The summed E-state index contributed by atoms with van der Waals surface area (Å²) in [5.74, 6) is -1.62. The Morgan fingerprint density at radius 2 is 1.88 bits per heavy atom. The van der Waals surface area contributed by atoms with Gasteiger partial charge in [0.15, 0.2) is 0 Å². The summed E-state index contributed by atoms with van der Waals surface area (Å²) in [4.78, 5) is 53.8. The highest BCUT2D eigenvalue weighted by molar-refractivity contribution is 5.97. The number of hydrogen-bond acceptors (Lipinski definition) is 5. The average molecular weight is 346 g/mol. The molecule has 9 heteroatoms. The Labute approximate surface area is 142 Å². The van der Waals surface area contributed by atoms with Crippen molar-refractivity contribution in [2.45, 2.75) is 31.8 Å². The highest BCUT2D eigenvalue weighted by Gasteiger charge is 2.39. The summed E-state index contributed by atoms with van der Waals surface area (Å²) in [6, 6.07) is 1.72. The van der Waals surface area contributed by atoms with Gasteiger partial charge < -0.3 is 10.0 Å². The van der Waals surface area contributed by atoms with Crippen LogP contribution in [0.15, 0.2) is 21.7 Å². The minimum Gasteiger partial charge on any atom is -0.480 e. The molecule has 1 saturated carbocycles. The van der Waals surface area contributed by atoms with E-state index in [9.17, 15) is 24.3 Å². The molecule has 2 heterocycles. The highest BCUT2D eigenvalue weighted by atomic mass is 16.4. The monoisotopic (exact) mass is 346 g/mol. The molecule has 132 valence electrons. The summed E-state index contributed by atoms with van der Waals surface area (Å²) in [7, 11) is 2.83. The smallest absolute Gasteiger partial charge is 0.332 e. The van der Waals surface area contributed by atoms with E-state index in [4.69, 9.17) is 0 Å². The molecular formula is C16H18N4O5. The Hall–Kier alpha value is -2.97. The molecule has 0 spiro atoms. The van der Waals surface area contributed by atoms with E-state index in [2.05, 4.69) is 4.98 Å². The van der Waals surface area contributed by atoms with E-state index >= 15 is 0 Å². The number of hydrogen-bond donors (Lipinski definition) is 1. The molecule has 9 nitrogen and oxygen atoms in total. The zero-order valence-electron chi connectivity index (χ0n) is 14.1. The number of carbonyl (C=O) groups is 2. The van der Waals surface area contributed by atoms with E-state index in [0.29, 0.717) is 0 Å². The summed E-state index contributed by atoms with van der Waals surface area (Å²) in [5.41, 5.74) is -0.941. The molecule has 25 heavy (non-hydrogen) atoms. The van der Waals surface area contributed by atoms with Gasteiger partial charge in [0, 0.05) is 20.1 Å². The van der Waals surface area contributed by atoms with Crippen molar-refractivity contribution < 1.29 is 14.7 Å². The third kappa shape index (κ3) is 2.71. The van der Waals surface area contributed by atoms with Crippen molar-refractivity contribution in [3.05, 3.63) is 38.7 Å². The summed E-state index contributed by atoms with van der Waals surface area (Å²) in [6.45, 7) is 1.45. The number of rotatable bonds is 4. The number of aliphatic carboxylic acids is 1. The lowest BCUT2D eigenvalue weighted by atomic mass is 10.2. The van der Waals surface area contributed by atoms with Crippen LogP contribution in [0.3, 0.4) is 0 Å². The fourth-order valence-electron chi connectivity index (χ4n) is 2.84. The van der Waals surface area contributed by atoms with Crippen molar-refractivity contribution in [3.63, 3.8) is 0 Å².